The van der Waals surface area contributed by atoms with Gasteiger partial charge in [0.05, 0.1) is 17.8 Å². The maximum Gasteiger partial charge on any atom is 0.254 e. The van der Waals surface area contributed by atoms with E-state index in [0.717, 1.165) is 23.5 Å². The average Bonchev–Trinajstić information content (AvgIpc) is 3.05. The quantitative estimate of drug-likeness (QED) is 0.900. The molecule has 0 saturated heterocycles. The van der Waals surface area contributed by atoms with Gasteiger partial charge in [-0.25, -0.2) is 14.4 Å². The lowest BCUT2D eigenvalue weighted by atomic mass is 10.2. The highest BCUT2D eigenvalue weighted by atomic mass is 19.1. The van der Waals surface area contributed by atoms with Gasteiger partial charge in [-0.15, -0.1) is 0 Å². The Balaban J connectivity index is 1.51. The molecule has 130 valence electrons. The molecule has 2 aromatic rings. The minimum atomic E-state index is -0.577. The second-order valence-corrected chi connectivity index (χ2v) is 5.85. The monoisotopic (exact) mass is 342 g/mol. The number of hydrogen-bond donors (Lipinski definition) is 1. The predicted molar refractivity (Wildman–Crippen MR) is 89.0 cm³/mol. The third kappa shape index (κ3) is 3.81. The molecule has 1 aliphatic rings. The zero-order valence-electron chi connectivity index (χ0n) is 14.0. The summed E-state index contributed by atoms with van der Waals surface area (Å²) >= 11 is 0. The van der Waals surface area contributed by atoms with E-state index in [1.54, 1.807) is 17.2 Å². The molecule has 1 N–H and O–H groups in total. The van der Waals surface area contributed by atoms with Crippen LogP contribution < -0.4 is 5.32 Å². The fourth-order valence-electron chi connectivity index (χ4n) is 2.72. The first-order valence-corrected chi connectivity index (χ1v) is 8.22. The molecule has 3 rings (SSSR count). The smallest absolute Gasteiger partial charge is 0.254 e. The summed E-state index contributed by atoms with van der Waals surface area (Å²) in [5.41, 5.74) is 1.82. The Morgan fingerprint density at radius 3 is 2.84 bits per heavy atom. The van der Waals surface area contributed by atoms with Crippen molar-refractivity contribution in [1.82, 2.24) is 20.2 Å². The standard InChI is InChI=1S/C18H19FN4O2/c1-2-16-21-9-12-10-23(11-15(12)22-16)17(24)7-8-20-18(25)13-5-3-4-6-14(13)19/h3-6,9H,2,7-8,10-11H2,1H3,(H,20,25). The fraction of sp³-hybridized carbons (Fsp3) is 0.333. The van der Waals surface area contributed by atoms with Gasteiger partial charge in [0, 0.05) is 37.7 Å². The number of carbonyl (C=O) groups excluding carboxylic acids is 2. The number of fused-ring (bicyclic) bond motifs is 1. The Morgan fingerprint density at radius 2 is 2.08 bits per heavy atom. The highest BCUT2D eigenvalue weighted by Crippen LogP contribution is 2.20. The van der Waals surface area contributed by atoms with Crippen molar-refractivity contribution in [3.63, 3.8) is 0 Å². The summed E-state index contributed by atoms with van der Waals surface area (Å²) in [6.45, 7) is 3.09. The number of aryl methyl sites for hydroxylation is 1. The van der Waals surface area contributed by atoms with Gasteiger partial charge in [-0.1, -0.05) is 19.1 Å². The molecule has 0 fully saturated rings. The number of rotatable bonds is 5. The van der Waals surface area contributed by atoms with Crippen LogP contribution >= 0.6 is 0 Å². The summed E-state index contributed by atoms with van der Waals surface area (Å²) < 4.78 is 13.5. The van der Waals surface area contributed by atoms with Gasteiger partial charge in [-0.05, 0) is 12.1 Å². The van der Waals surface area contributed by atoms with Crippen molar-refractivity contribution in [2.75, 3.05) is 6.54 Å². The molecule has 0 atom stereocenters. The molecule has 25 heavy (non-hydrogen) atoms. The average molecular weight is 342 g/mol. The van der Waals surface area contributed by atoms with E-state index in [1.807, 2.05) is 6.92 Å². The van der Waals surface area contributed by atoms with Crippen LogP contribution in [0.5, 0.6) is 0 Å². The Kier molecular flexibility index (Phi) is 5.02. The van der Waals surface area contributed by atoms with Crippen LogP contribution in [0.4, 0.5) is 4.39 Å². The molecule has 2 amide bonds. The third-order valence-electron chi connectivity index (χ3n) is 4.12. The molecule has 0 spiro atoms. The molecule has 1 aromatic carbocycles. The van der Waals surface area contributed by atoms with E-state index in [-0.39, 0.29) is 24.4 Å². The van der Waals surface area contributed by atoms with Crippen molar-refractivity contribution in [3.8, 4) is 0 Å². The summed E-state index contributed by atoms with van der Waals surface area (Å²) in [6, 6.07) is 5.75. The van der Waals surface area contributed by atoms with Crippen molar-refractivity contribution >= 4 is 11.8 Å². The van der Waals surface area contributed by atoms with Crippen LogP contribution in [0.15, 0.2) is 30.5 Å². The molecule has 7 heteroatoms. The van der Waals surface area contributed by atoms with E-state index in [0.29, 0.717) is 13.1 Å². The predicted octanol–water partition coefficient (Wildman–Crippen LogP) is 1.84. The van der Waals surface area contributed by atoms with Gasteiger partial charge < -0.3 is 10.2 Å². The molecule has 0 radical (unpaired) electrons. The Labute approximate surface area is 145 Å². The normalized spacial score (nSPS) is 12.8. The lowest BCUT2D eigenvalue weighted by Crippen LogP contribution is -2.31. The van der Waals surface area contributed by atoms with Gasteiger partial charge in [0.1, 0.15) is 11.6 Å². The van der Waals surface area contributed by atoms with E-state index in [1.165, 1.54) is 18.2 Å². The molecule has 0 saturated carbocycles. The molecule has 2 heterocycles. The molecule has 0 unspecified atom stereocenters. The summed E-state index contributed by atoms with van der Waals surface area (Å²) in [6.07, 6.45) is 2.68. The molecule has 6 nitrogen and oxygen atoms in total. The topological polar surface area (TPSA) is 75.2 Å². The summed E-state index contributed by atoms with van der Waals surface area (Å²) in [4.78, 5) is 34.6. The summed E-state index contributed by atoms with van der Waals surface area (Å²) in [7, 11) is 0. The zero-order chi connectivity index (χ0) is 17.8. The van der Waals surface area contributed by atoms with Crippen LogP contribution in [0.2, 0.25) is 0 Å². The number of nitrogens with one attached hydrogen (secondary N) is 1. The molecule has 1 aliphatic heterocycles. The number of halogens is 1. The molecule has 1 aromatic heterocycles. The molecule has 0 bridgehead atoms. The second kappa shape index (κ2) is 7.38. The van der Waals surface area contributed by atoms with Crippen molar-refractivity contribution in [2.45, 2.75) is 32.9 Å². The van der Waals surface area contributed by atoms with Gasteiger partial charge in [0.15, 0.2) is 0 Å². The number of aromatic nitrogens is 2. The highest BCUT2D eigenvalue weighted by molar-refractivity contribution is 5.94. The highest BCUT2D eigenvalue weighted by Gasteiger charge is 2.25. The van der Waals surface area contributed by atoms with Gasteiger partial charge in [0.2, 0.25) is 5.91 Å². The lowest BCUT2D eigenvalue weighted by molar-refractivity contribution is -0.131. The first-order valence-electron chi connectivity index (χ1n) is 8.22. The van der Waals surface area contributed by atoms with Crippen molar-refractivity contribution in [1.29, 1.82) is 0 Å². The van der Waals surface area contributed by atoms with Gasteiger partial charge in [-0.2, -0.15) is 0 Å². The zero-order valence-corrected chi connectivity index (χ0v) is 14.0. The van der Waals surface area contributed by atoms with Crippen molar-refractivity contribution in [2.24, 2.45) is 0 Å². The van der Waals surface area contributed by atoms with Crippen LogP contribution in [0.1, 0.15) is 40.8 Å². The second-order valence-electron chi connectivity index (χ2n) is 5.85. The van der Waals surface area contributed by atoms with Gasteiger partial charge >= 0.3 is 0 Å². The molecular weight excluding hydrogens is 323 g/mol. The largest absolute Gasteiger partial charge is 0.351 e. The van der Waals surface area contributed by atoms with Crippen LogP contribution in [-0.2, 0) is 24.3 Å². The number of nitrogens with zero attached hydrogens (tertiary/aromatic N) is 3. The first-order chi connectivity index (χ1) is 12.1. The summed E-state index contributed by atoms with van der Waals surface area (Å²) in [5.74, 6) is -0.407. The number of hydrogen-bond acceptors (Lipinski definition) is 4. The van der Waals surface area contributed by atoms with E-state index in [9.17, 15) is 14.0 Å². The van der Waals surface area contributed by atoms with Crippen LogP contribution in [0, 0.1) is 5.82 Å². The number of benzene rings is 1. The number of amides is 2. The minimum absolute atomic E-state index is 0.0223. The van der Waals surface area contributed by atoms with Crippen LogP contribution in [-0.4, -0.2) is 33.2 Å². The van der Waals surface area contributed by atoms with Gasteiger partial charge in [0.25, 0.3) is 5.91 Å². The van der Waals surface area contributed by atoms with E-state index in [4.69, 9.17) is 0 Å². The minimum Gasteiger partial charge on any atom is -0.351 e. The molecular formula is C18H19FN4O2. The maximum absolute atomic E-state index is 13.5. The summed E-state index contributed by atoms with van der Waals surface area (Å²) in [5, 5.41) is 2.58. The SMILES string of the molecule is CCc1ncc2c(n1)CN(C(=O)CCNC(=O)c1ccccc1F)C2. The lowest BCUT2D eigenvalue weighted by Gasteiger charge is -2.15. The van der Waals surface area contributed by atoms with E-state index < -0.39 is 11.7 Å². The number of carbonyl (C=O) groups is 2. The Bertz CT molecular complexity index is 809. The van der Waals surface area contributed by atoms with Crippen LogP contribution in [0.3, 0.4) is 0 Å². The van der Waals surface area contributed by atoms with Gasteiger partial charge in [-0.3, -0.25) is 9.59 Å². The van der Waals surface area contributed by atoms with Crippen molar-refractivity contribution < 1.29 is 14.0 Å². The van der Waals surface area contributed by atoms with E-state index >= 15 is 0 Å². The first kappa shape index (κ1) is 17.0. The fourth-order valence-corrected chi connectivity index (χ4v) is 2.72. The third-order valence-corrected chi connectivity index (χ3v) is 4.12. The maximum atomic E-state index is 13.5. The molecule has 0 aliphatic carbocycles. The van der Waals surface area contributed by atoms with Crippen LogP contribution in [0.25, 0.3) is 0 Å². The Hall–Kier alpha value is -2.83. The Morgan fingerprint density at radius 1 is 1.28 bits per heavy atom. The van der Waals surface area contributed by atoms with E-state index in [2.05, 4.69) is 15.3 Å². The van der Waals surface area contributed by atoms with Crippen molar-refractivity contribution in [3.05, 3.63) is 58.9 Å².